The molecule has 19 heavy (non-hydrogen) atoms. The second kappa shape index (κ2) is 6.57. The minimum absolute atomic E-state index is 0.0243. The van der Waals surface area contributed by atoms with Crippen LogP contribution in [0.1, 0.15) is 30.9 Å². The molecule has 1 aliphatic rings. The Morgan fingerprint density at radius 3 is 3.16 bits per heavy atom. The number of benzene rings is 1. The van der Waals surface area contributed by atoms with Gasteiger partial charge in [0.25, 0.3) is 0 Å². The lowest BCUT2D eigenvalue weighted by Crippen LogP contribution is -2.31. The minimum Gasteiger partial charge on any atom is -0.493 e. The van der Waals surface area contributed by atoms with Gasteiger partial charge in [-0.15, -0.1) is 0 Å². The lowest BCUT2D eigenvalue weighted by atomic mass is 10.0. The van der Waals surface area contributed by atoms with Gasteiger partial charge in [0, 0.05) is 19.0 Å². The van der Waals surface area contributed by atoms with Crippen molar-refractivity contribution in [2.75, 3.05) is 13.2 Å². The van der Waals surface area contributed by atoms with Gasteiger partial charge in [0.15, 0.2) is 0 Å². The number of fused-ring (bicyclic) bond motifs is 1. The summed E-state index contributed by atoms with van der Waals surface area (Å²) in [6.07, 6.45) is 3.40. The molecule has 0 aromatic heterocycles. The summed E-state index contributed by atoms with van der Waals surface area (Å²) in [6.45, 7) is 3.31. The van der Waals surface area contributed by atoms with Crippen LogP contribution < -0.4 is 15.8 Å². The zero-order chi connectivity index (χ0) is 13.7. The van der Waals surface area contributed by atoms with Crippen LogP contribution in [0.3, 0.4) is 0 Å². The van der Waals surface area contributed by atoms with E-state index in [9.17, 15) is 4.79 Å². The summed E-state index contributed by atoms with van der Waals surface area (Å²) in [4.78, 5) is 11.5. The van der Waals surface area contributed by atoms with Crippen LogP contribution in [0.5, 0.6) is 5.75 Å². The second-order valence-corrected chi connectivity index (χ2v) is 5.18. The van der Waals surface area contributed by atoms with E-state index in [-0.39, 0.29) is 11.9 Å². The average Bonchev–Trinajstić information content (AvgIpc) is 2.37. The molecule has 1 aliphatic heterocycles. The Morgan fingerprint density at radius 1 is 1.53 bits per heavy atom. The number of carbonyl (C=O) groups excluding carboxylic acids is 1. The molecule has 1 heterocycles. The van der Waals surface area contributed by atoms with Crippen molar-refractivity contribution in [1.82, 2.24) is 5.32 Å². The van der Waals surface area contributed by atoms with Gasteiger partial charge in [-0.05, 0) is 43.4 Å². The molecule has 2 rings (SSSR count). The molecule has 1 aromatic rings. The summed E-state index contributed by atoms with van der Waals surface area (Å²) >= 11 is 0. The SMILES string of the molecule is CC(N)CC(=O)NCCc1ccc2c(c1)CCCO2. The Morgan fingerprint density at radius 2 is 2.37 bits per heavy atom. The Balaban J connectivity index is 1.81. The van der Waals surface area contributed by atoms with Crippen LogP contribution in [0.15, 0.2) is 18.2 Å². The zero-order valence-electron chi connectivity index (χ0n) is 11.4. The first-order valence-corrected chi connectivity index (χ1v) is 6.92. The van der Waals surface area contributed by atoms with Crippen molar-refractivity contribution >= 4 is 5.91 Å². The van der Waals surface area contributed by atoms with Gasteiger partial charge in [0.2, 0.25) is 5.91 Å². The van der Waals surface area contributed by atoms with E-state index in [1.807, 2.05) is 13.0 Å². The summed E-state index contributed by atoms with van der Waals surface area (Å²) in [7, 11) is 0. The first-order chi connectivity index (χ1) is 9.15. The summed E-state index contributed by atoms with van der Waals surface area (Å²) in [5, 5.41) is 2.89. The van der Waals surface area contributed by atoms with E-state index < -0.39 is 0 Å². The van der Waals surface area contributed by atoms with Crippen molar-refractivity contribution in [1.29, 1.82) is 0 Å². The Labute approximate surface area is 114 Å². The van der Waals surface area contributed by atoms with Crippen LogP contribution in [0, 0.1) is 0 Å². The van der Waals surface area contributed by atoms with Gasteiger partial charge in [-0.1, -0.05) is 12.1 Å². The van der Waals surface area contributed by atoms with Gasteiger partial charge < -0.3 is 15.8 Å². The molecule has 1 amide bonds. The van der Waals surface area contributed by atoms with Crippen LogP contribution in [0.2, 0.25) is 0 Å². The monoisotopic (exact) mass is 262 g/mol. The first kappa shape index (κ1) is 13.9. The fraction of sp³-hybridized carbons (Fsp3) is 0.533. The zero-order valence-corrected chi connectivity index (χ0v) is 11.4. The summed E-state index contributed by atoms with van der Waals surface area (Å²) in [5.41, 5.74) is 8.10. The number of rotatable bonds is 5. The van der Waals surface area contributed by atoms with Gasteiger partial charge in [0.05, 0.1) is 6.61 Å². The molecule has 0 saturated carbocycles. The molecule has 104 valence electrons. The van der Waals surface area contributed by atoms with Gasteiger partial charge in [0.1, 0.15) is 5.75 Å². The molecular formula is C15H22N2O2. The molecule has 1 unspecified atom stereocenters. The van der Waals surface area contributed by atoms with Gasteiger partial charge in [-0.25, -0.2) is 0 Å². The third kappa shape index (κ3) is 4.24. The van der Waals surface area contributed by atoms with Crippen molar-refractivity contribution in [3.8, 4) is 5.75 Å². The van der Waals surface area contributed by atoms with Crippen molar-refractivity contribution < 1.29 is 9.53 Å². The lowest BCUT2D eigenvalue weighted by molar-refractivity contribution is -0.121. The predicted molar refractivity (Wildman–Crippen MR) is 75.2 cm³/mol. The number of carbonyl (C=O) groups is 1. The Bertz CT molecular complexity index is 444. The van der Waals surface area contributed by atoms with Crippen LogP contribution in [0.4, 0.5) is 0 Å². The molecule has 1 atom stereocenters. The molecule has 0 aliphatic carbocycles. The number of nitrogens with two attached hydrogens (primary N) is 1. The fourth-order valence-corrected chi connectivity index (χ4v) is 2.28. The largest absolute Gasteiger partial charge is 0.493 e. The van der Waals surface area contributed by atoms with E-state index >= 15 is 0 Å². The second-order valence-electron chi connectivity index (χ2n) is 5.18. The maximum absolute atomic E-state index is 11.5. The van der Waals surface area contributed by atoms with Gasteiger partial charge >= 0.3 is 0 Å². The summed E-state index contributed by atoms with van der Waals surface area (Å²) in [5.74, 6) is 1.03. The quantitative estimate of drug-likeness (QED) is 0.843. The van der Waals surface area contributed by atoms with E-state index in [4.69, 9.17) is 10.5 Å². The number of hydrogen-bond acceptors (Lipinski definition) is 3. The molecular weight excluding hydrogens is 240 g/mol. The summed E-state index contributed by atoms with van der Waals surface area (Å²) in [6, 6.07) is 6.21. The van der Waals surface area contributed by atoms with Gasteiger partial charge in [-0.2, -0.15) is 0 Å². The van der Waals surface area contributed by atoms with E-state index in [2.05, 4.69) is 17.4 Å². The Kier molecular flexibility index (Phi) is 4.80. The lowest BCUT2D eigenvalue weighted by Gasteiger charge is -2.18. The molecule has 0 bridgehead atoms. The van der Waals surface area contributed by atoms with Crippen molar-refractivity contribution in [3.05, 3.63) is 29.3 Å². The fourth-order valence-electron chi connectivity index (χ4n) is 2.28. The number of amides is 1. The highest BCUT2D eigenvalue weighted by Crippen LogP contribution is 2.25. The van der Waals surface area contributed by atoms with E-state index in [1.165, 1.54) is 11.1 Å². The number of ether oxygens (including phenoxy) is 1. The topological polar surface area (TPSA) is 64.4 Å². The van der Waals surface area contributed by atoms with Crippen LogP contribution in [-0.4, -0.2) is 25.1 Å². The number of nitrogens with one attached hydrogen (secondary N) is 1. The smallest absolute Gasteiger partial charge is 0.221 e. The molecule has 0 fully saturated rings. The highest BCUT2D eigenvalue weighted by atomic mass is 16.5. The number of aryl methyl sites for hydroxylation is 1. The molecule has 4 nitrogen and oxygen atoms in total. The summed E-state index contributed by atoms with van der Waals surface area (Å²) < 4.78 is 5.58. The maximum Gasteiger partial charge on any atom is 0.221 e. The van der Waals surface area contributed by atoms with Crippen molar-refractivity contribution in [2.24, 2.45) is 5.73 Å². The standard InChI is InChI=1S/C15H22N2O2/c1-11(16)9-15(18)17-7-6-12-4-5-14-13(10-12)3-2-8-19-14/h4-5,10-11H,2-3,6-9,16H2,1H3,(H,17,18). The van der Waals surface area contributed by atoms with Crippen molar-refractivity contribution in [2.45, 2.75) is 38.6 Å². The first-order valence-electron chi connectivity index (χ1n) is 6.92. The van der Waals surface area contributed by atoms with Crippen LogP contribution >= 0.6 is 0 Å². The molecule has 3 N–H and O–H groups in total. The third-order valence-electron chi connectivity index (χ3n) is 3.22. The third-order valence-corrected chi connectivity index (χ3v) is 3.22. The highest BCUT2D eigenvalue weighted by Gasteiger charge is 2.10. The molecule has 0 saturated heterocycles. The van der Waals surface area contributed by atoms with Crippen molar-refractivity contribution in [3.63, 3.8) is 0 Å². The average molecular weight is 262 g/mol. The molecule has 0 radical (unpaired) electrons. The van der Waals surface area contributed by atoms with E-state index in [0.29, 0.717) is 13.0 Å². The van der Waals surface area contributed by atoms with Crippen LogP contribution in [-0.2, 0) is 17.6 Å². The predicted octanol–water partition coefficient (Wildman–Crippen LogP) is 1.41. The van der Waals surface area contributed by atoms with E-state index in [1.54, 1.807) is 0 Å². The van der Waals surface area contributed by atoms with Crippen LogP contribution in [0.25, 0.3) is 0 Å². The maximum atomic E-state index is 11.5. The normalized spacial score (nSPS) is 15.3. The van der Waals surface area contributed by atoms with E-state index in [0.717, 1.165) is 31.6 Å². The highest BCUT2D eigenvalue weighted by molar-refractivity contribution is 5.76. The Hall–Kier alpha value is -1.55. The van der Waals surface area contributed by atoms with Gasteiger partial charge in [-0.3, -0.25) is 4.79 Å². The minimum atomic E-state index is -0.0825. The number of hydrogen-bond donors (Lipinski definition) is 2. The molecule has 0 spiro atoms. The molecule has 1 aromatic carbocycles. The molecule has 4 heteroatoms.